The standard InChI is InChI=1S/C19H20BrN5O2.C5H10O2/c1-11-18(25-17-3-2-12(7-21)4-16(17)20)22-10-23-19(11)27-15-5-13-8-26-9-14(6-15)24-13;1-5(2,3)7-4-6/h2-4,10,13-15,24H,5-6,8-9H2,1H3,(H,22,23,25);4H,1-3H3. The number of nitriles is 1. The molecule has 4 rings (SSSR count). The maximum absolute atomic E-state index is 9.60. The summed E-state index contributed by atoms with van der Waals surface area (Å²) in [5.74, 6) is 1.28. The lowest BCUT2D eigenvalue weighted by Crippen LogP contribution is -2.56. The van der Waals surface area contributed by atoms with Crippen LogP contribution < -0.4 is 15.4 Å². The van der Waals surface area contributed by atoms with Crippen LogP contribution in [-0.2, 0) is 14.3 Å². The van der Waals surface area contributed by atoms with Gasteiger partial charge in [0.1, 0.15) is 23.9 Å². The van der Waals surface area contributed by atoms with Gasteiger partial charge >= 0.3 is 0 Å². The number of morpholine rings is 1. The number of ether oxygens (including phenoxy) is 3. The molecule has 0 aliphatic carbocycles. The Morgan fingerprint density at radius 3 is 2.53 bits per heavy atom. The van der Waals surface area contributed by atoms with Gasteiger partial charge in [-0.15, -0.1) is 0 Å². The van der Waals surface area contributed by atoms with Crippen LogP contribution >= 0.6 is 15.9 Å². The summed E-state index contributed by atoms with van der Waals surface area (Å²) in [5.41, 5.74) is 1.96. The van der Waals surface area contributed by atoms with Gasteiger partial charge in [-0.3, -0.25) is 4.79 Å². The van der Waals surface area contributed by atoms with Crippen LogP contribution in [0.2, 0.25) is 0 Å². The zero-order valence-corrected chi connectivity index (χ0v) is 21.4. The molecule has 1 aromatic heterocycles. The van der Waals surface area contributed by atoms with Crippen LogP contribution in [0, 0.1) is 18.3 Å². The van der Waals surface area contributed by atoms with Gasteiger partial charge in [0, 0.05) is 29.4 Å². The van der Waals surface area contributed by atoms with E-state index < -0.39 is 0 Å². The number of hydrogen-bond donors (Lipinski definition) is 2. The van der Waals surface area contributed by atoms with Crippen LogP contribution in [-0.4, -0.2) is 53.4 Å². The summed E-state index contributed by atoms with van der Waals surface area (Å²) in [6, 6.07) is 8.19. The number of fused-ring (bicyclic) bond motifs is 2. The number of carbonyl (C=O) groups excluding carboxylic acids is 1. The van der Waals surface area contributed by atoms with E-state index in [1.54, 1.807) is 12.1 Å². The second kappa shape index (κ2) is 11.6. The first-order chi connectivity index (χ1) is 16.2. The molecule has 2 aliphatic heterocycles. The van der Waals surface area contributed by atoms with E-state index in [4.69, 9.17) is 14.7 Å². The highest BCUT2D eigenvalue weighted by molar-refractivity contribution is 9.10. The van der Waals surface area contributed by atoms with Gasteiger partial charge in [-0.25, -0.2) is 9.97 Å². The molecule has 182 valence electrons. The summed E-state index contributed by atoms with van der Waals surface area (Å²) in [6.45, 7) is 9.34. The molecule has 0 saturated carbocycles. The average molecular weight is 532 g/mol. The molecule has 9 nitrogen and oxygen atoms in total. The Morgan fingerprint density at radius 1 is 1.26 bits per heavy atom. The van der Waals surface area contributed by atoms with E-state index >= 15 is 0 Å². The van der Waals surface area contributed by atoms with E-state index in [1.807, 2.05) is 33.8 Å². The second-order valence-electron chi connectivity index (χ2n) is 9.22. The molecule has 0 amide bonds. The first kappa shape index (κ1) is 25.9. The molecule has 2 fully saturated rings. The van der Waals surface area contributed by atoms with Crippen LogP contribution in [0.1, 0.15) is 44.7 Å². The van der Waals surface area contributed by atoms with Crippen molar-refractivity contribution in [3.05, 3.63) is 40.1 Å². The number of aromatic nitrogens is 2. The fourth-order valence-corrected chi connectivity index (χ4v) is 4.15. The fraction of sp³-hybridized carbons (Fsp3) is 0.500. The van der Waals surface area contributed by atoms with Crippen molar-refractivity contribution in [2.24, 2.45) is 0 Å². The lowest BCUT2D eigenvalue weighted by atomic mass is 9.95. The fourth-order valence-electron chi connectivity index (χ4n) is 3.68. The third-order valence-electron chi connectivity index (χ3n) is 5.27. The highest BCUT2D eigenvalue weighted by atomic mass is 79.9. The Kier molecular flexibility index (Phi) is 8.83. The van der Waals surface area contributed by atoms with E-state index in [-0.39, 0.29) is 11.7 Å². The van der Waals surface area contributed by atoms with Crippen molar-refractivity contribution in [1.29, 1.82) is 5.26 Å². The molecule has 3 heterocycles. The topological polar surface area (TPSA) is 118 Å². The third kappa shape index (κ3) is 7.38. The summed E-state index contributed by atoms with van der Waals surface area (Å²) in [7, 11) is 0. The second-order valence-corrected chi connectivity index (χ2v) is 10.1. The smallest absolute Gasteiger partial charge is 0.293 e. The molecule has 0 spiro atoms. The van der Waals surface area contributed by atoms with Gasteiger partial charge in [0.2, 0.25) is 5.88 Å². The normalized spacial score (nSPS) is 21.4. The maximum Gasteiger partial charge on any atom is 0.293 e. The highest BCUT2D eigenvalue weighted by Crippen LogP contribution is 2.31. The van der Waals surface area contributed by atoms with Crippen molar-refractivity contribution >= 4 is 33.9 Å². The number of nitrogens with one attached hydrogen (secondary N) is 2. The third-order valence-corrected chi connectivity index (χ3v) is 5.93. The Bertz CT molecular complexity index is 1020. The van der Waals surface area contributed by atoms with Crippen LogP contribution in [0.25, 0.3) is 0 Å². The van der Waals surface area contributed by atoms with Crippen LogP contribution in [0.5, 0.6) is 5.88 Å². The van der Waals surface area contributed by atoms with Crippen molar-refractivity contribution in [3.8, 4) is 11.9 Å². The summed E-state index contributed by atoms with van der Waals surface area (Å²) in [6.07, 6.45) is 3.44. The predicted molar refractivity (Wildman–Crippen MR) is 131 cm³/mol. The van der Waals surface area contributed by atoms with Crippen molar-refractivity contribution in [1.82, 2.24) is 15.3 Å². The Hall–Kier alpha value is -2.74. The van der Waals surface area contributed by atoms with E-state index in [9.17, 15) is 4.79 Å². The van der Waals surface area contributed by atoms with Gasteiger partial charge in [0.25, 0.3) is 6.47 Å². The van der Waals surface area contributed by atoms with Gasteiger partial charge in [0.15, 0.2) is 0 Å². The van der Waals surface area contributed by atoms with Gasteiger partial charge in [-0.1, -0.05) is 0 Å². The number of benzene rings is 1. The molecular formula is C24H30BrN5O4. The predicted octanol–water partition coefficient (Wildman–Crippen LogP) is 4.02. The van der Waals surface area contributed by atoms with Gasteiger partial charge in [0.05, 0.1) is 36.1 Å². The number of halogens is 1. The van der Waals surface area contributed by atoms with E-state index in [2.05, 4.69) is 47.3 Å². The first-order valence-corrected chi connectivity index (χ1v) is 11.9. The molecule has 2 atom stereocenters. The summed E-state index contributed by atoms with van der Waals surface area (Å²) in [4.78, 5) is 18.3. The Morgan fingerprint density at radius 2 is 1.97 bits per heavy atom. The Balaban J connectivity index is 0.000000406. The molecule has 2 bridgehead atoms. The summed E-state index contributed by atoms with van der Waals surface area (Å²) in [5, 5.41) is 15.9. The van der Waals surface area contributed by atoms with Crippen molar-refractivity contribution in [3.63, 3.8) is 0 Å². The molecule has 10 heteroatoms. The maximum atomic E-state index is 9.60. The largest absolute Gasteiger partial charge is 0.474 e. The minimum atomic E-state index is -0.318. The number of nitrogens with zero attached hydrogens (tertiary/aromatic N) is 3. The monoisotopic (exact) mass is 531 g/mol. The van der Waals surface area contributed by atoms with Crippen LogP contribution in [0.15, 0.2) is 29.0 Å². The number of rotatable bonds is 5. The number of hydrogen-bond acceptors (Lipinski definition) is 9. The van der Waals surface area contributed by atoms with Crippen LogP contribution in [0.4, 0.5) is 11.5 Å². The molecule has 2 saturated heterocycles. The molecule has 2 N–H and O–H groups in total. The average Bonchev–Trinajstić information content (AvgIpc) is 2.77. The van der Waals surface area contributed by atoms with Crippen molar-refractivity contribution < 1.29 is 19.0 Å². The minimum absolute atomic E-state index is 0.119. The van der Waals surface area contributed by atoms with E-state index in [0.29, 0.717) is 35.8 Å². The van der Waals surface area contributed by atoms with Gasteiger partial charge < -0.3 is 24.8 Å². The first-order valence-electron chi connectivity index (χ1n) is 11.1. The number of carbonyl (C=O) groups is 1. The molecule has 2 aromatic rings. The zero-order valence-electron chi connectivity index (χ0n) is 19.8. The lowest BCUT2D eigenvalue weighted by molar-refractivity contribution is -0.138. The van der Waals surface area contributed by atoms with E-state index in [1.165, 1.54) is 6.33 Å². The van der Waals surface area contributed by atoms with Crippen LogP contribution in [0.3, 0.4) is 0 Å². The minimum Gasteiger partial charge on any atom is -0.474 e. The van der Waals surface area contributed by atoms with E-state index in [0.717, 1.165) is 41.8 Å². The summed E-state index contributed by atoms with van der Waals surface area (Å²) >= 11 is 3.49. The summed E-state index contributed by atoms with van der Waals surface area (Å²) < 4.78 is 17.2. The SMILES string of the molecule is CC(C)(C)OC=O.Cc1c(Nc2ccc(C#N)cc2Br)ncnc1OC1CC2COCC(C1)N2. The van der Waals surface area contributed by atoms with Crippen molar-refractivity contribution in [2.45, 2.75) is 64.3 Å². The van der Waals surface area contributed by atoms with Crippen molar-refractivity contribution in [2.75, 3.05) is 18.5 Å². The molecule has 1 aromatic carbocycles. The Labute approximate surface area is 208 Å². The molecule has 2 unspecified atom stereocenters. The molecule has 2 aliphatic rings. The lowest BCUT2D eigenvalue weighted by Gasteiger charge is -2.39. The highest BCUT2D eigenvalue weighted by Gasteiger charge is 2.33. The molecule has 34 heavy (non-hydrogen) atoms. The number of anilines is 2. The molecular weight excluding hydrogens is 502 g/mol. The zero-order chi connectivity index (χ0) is 24.7. The molecule has 0 radical (unpaired) electrons. The van der Waals surface area contributed by atoms with Gasteiger partial charge in [-0.2, -0.15) is 5.26 Å². The number of piperidine rings is 1. The van der Waals surface area contributed by atoms with Gasteiger partial charge in [-0.05, 0) is 61.8 Å². The quantitative estimate of drug-likeness (QED) is 0.551.